The SMILES string of the molecule is CCCCCCCOCCOCCOCCOCCOCCOCCOCCOCCOCCOCCOCCN(C)C. The molecule has 0 heterocycles. The lowest BCUT2D eigenvalue weighted by molar-refractivity contribution is -0.0276. The molecule has 0 amide bonds. The predicted molar refractivity (Wildman–Crippen MR) is 166 cm³/mol. The van der Waals surface area contributed by atoms with Crippen LogP contribution in [0.25, 0.3) is 0 Å². The molecule has 0 N–H and O–H groups in total. The molecular formula is C31H65NO11. The summed E-state index contributed by atoms with van der Waals surface area (Å²) in [6, 6.07) is 0. The molecule has 0 aliphatic carbocycles. The first kappa shape index (κ1) is 42.5. The molecule has 0 spiro atoms. The van der Waals surface area contributed by atoms with Crippen LogP contribution in [0, 0.1) is 0 Å². The van der Waals surface area contributed by atoms with Crippen molar-refractivity contribution in [3.63, 3.8) is 0 Å². The molecule has 12 heteroatoms. The highest BCUT2D eigenvalue weighted by molar-refractivity contribution is 4.43. The zero-order chi connectivity index (χ0) is 31.2. The molecule has 0 aliphatic heterocycles. The van der Waals surface area contributed by atoms with Gasteiger partial charge in [-0.05, 0) is 20.5 Å². The Balaban J connectivity index is 3.03. The Kier molecular flexibility index (Phi) is 39.1. The molecule has 0 bridgehead atoms. The average Bonchev–Trinajstić information content (AvgIpc) is 3.00. The highest BCUT2D eigenvalue weighted by Crippen LogP contribution is 2.02. The maximum absolute atomic E-state index is 5.56. The molecule has 0 saturated heterocycles. The van der Waals surface area contributed by atoms with Crippen molar-refractivity contribution in [3.05, 3.63) is 0 Å². The average molecular weight is 628 g/mol. The van der Waals surface area contributed by atoms with Gasteiger partial charge in [0, 0.05) is 13.2 Å². The van der Waals surface area contributed by atoms with E-state index in [0.29, 0.717) is 132 Å². The Bertz CT molecular complexity index is 493. The van der Waals surface area contributed by atoms with Gasteiger partial charge in [0.15, 0.2) is 0 Å². The summed E-state index contributed by atoms with van der Waals surface area (Å²) in [7, 11) is 4.05. The monoisotopic (exact) mass is 627 g/mol. The molecule has 0 fully saturated rings. The van der Waals surface area contributed by atoms with Crippen molar-refractivity contribution in [1.29, 1.82) is 0 Å². The summed E-state index contributed by atoms with van der Waals surface area (Å²) in [5.41, 5.74) is 0. The summed E-state index contributed by atoms with van der Waals surface area (Å²) in [5.74, 6) is 0. The zero-order valence-electron chi connectivity index (χ0n) is 27.7. The van der Waals surface area contributed by atoms with Crippen molar-refractivity contribution >= 4 is 0 Å². The number of likely N-dealkylation sites (N-methyl/N-ethyl adjacent to an activating group) is 1. The standard InChI is InChI=1S/C31H65NO11/c1-4-5-6-7-8-10-33-12-14-35-16-18-37-20-22-39-24-26-41-28-30-43-31-29-42-27-25-40-23-21-38-19-17-36-15-13-34-11-9-32(2)3/h4-31H2,1-3H3. The number of ether oxygens (including phenoxy) is 11. The minimum atomic E-state index is 0.525. The van der Waals surface area contributed by atoms with Crippen LogP contribution in [0.1, 0.15) is 39.0 Å². The van der Waals surface area contributed by atoms with E-state index in [1.165, 1.54) is 25.7 Å². The van der Waals surface area contributed by atoms with Gasteiger partial charge in [0.25, 0.3) is 0 Å². The zero-order valence-corrected chi connectivity index (χ0v) is 27.7. The van der Waals surface area contributed by atoms with E-state index in [9.17, 15) is 0 Å². The molecule has 0 aliphatic rings. The lowest BCUT2D eigenvalue weighted by atomic mass is 10.2. The van der Waals surface area contributed by atoms with Gasteiger partial charge in [-0.15, -0.1) is 0 Å². The molecule has 0 aromatic carbocycles. The Hall–Kier alpha value is -0.480. The molecule has 0 unspecified atom stereocenters. The normalized spacial score (nSPS) is 11.7. The summed E-state index contributed by atoms with van der Waals surface area (Å²) in [4.78, 5) is 2.09. The molecule has 12 nitrogen and oxygen atoms in total. The Labute approximate surface area is 262 Å². The van der Waals surface area contributed by atoms with Gasteiger partial charge in [-0.1, -0.05) is 32.6 Å². The third kappa shape index (κ3) is 41.5. The van der Waals surface area contributed by atoms with E-state index in [2.05, 4.69) is 11.8 Å². The third-order valence-corrected chi connectivity index (χ3v) is 5.80. The van der Waals surface area contributed by atoms with E-state index in [-0.39, 0.29) is 0 Å². The van der Waals surface area contributed by atoms with Gasteiger partial charge in [-0.3, -0.25) is 0 Å². The van der Waals surface area contributed by atoms with Gasteiger partial charge >= 0.3 is 0 Å². The van der Waals surface area contributed by atoms with Gasteiger partial charge in [0.1, 0.15) is 0 Å². The Morgan fingerprint density at radius 1 is 0.279 bits per heavy atom. The molecule has 0 atom stereocenters. The van der Waals surface area contributed by atoms with Gasteiger partial charge in [-0.2, -0.15) is 0 Å². The molecule has 0 saturated carbocycles. The van der Waals surface area contributed by atoms with Crippen LogP contribution < -0.4 is 0 Å². The second-order valence-electron chi connectivity index (χ2n) is 9.95. The Morgan fingerprint density at radius 3 is 0.767 bits per heavy atom. The van der Waals surface area contributed by atoms with Crippen LogP contribution in [0.2, 0.25) is 0 Å². The maximum atomic E-state index is 5.56. The molecule has 260 valence electrons. The van der Waals surface area contributed by atoms with Crippen LogP contribution in [0.3, 0.4) is 0 Å². The van der Waals surface area contributed by atoms with Crippen molar-refractivity contribution in [2.45, 2.75) is 39.0 Å². The first-order valence-corrected chi connectivity index (χ1v) is 16.3. The summed E-state index contributed by atoms with van der Waals surface area (Å²) >= 11 is 0. The second kappa shape index (κ2) is 39.5. The van der Waals surface area contributed by atoms with E-state index in [1.54, 1.807) is 0 Å². The molecule has 0 rings (SSSR count). The van der Waals surface area contributed by atoms with E-state index in [0.717, 1.165) is 26.2 Å². The van der Waals surface area contributed by atoms with Crippen LogP contribution >= 0.6 is 0 Å². The van der Waals surface area contributed by atoms with E-state index in [1.807, 2.05) is 14.1 Å². The van der Waals surface area contributed by atoms with E-state index >= 15 is 0 Å². The largest absolute Gasteiger partial charge is 0.379 e. The minimum absolute atomic E-state index is 0.525. The quantitative estimate of drug-likeness (QED) is 0.0936. The van der Waals surface area contributed by atoms with Gasteiger partial charge < -0.3 is 57.0 Å². The van der Waals surface area contributed by atoms with Gasteiger partial charge in [-0.25, -0.2) is 0 Å². The maximum Gasteiger partial charge on any atom is 0.0701 e. The topological polar surface area (TPSA) is 105 Å². The fourth-order valence-electron chi connectivity index (χ4n) is 3.36. The number of nitrogens with zero attached hydrogens (tertiary/aromatic N) is 1. The lowest BCUT2D eigenvalue weighted by Gasteiger charge is -2.10. The number of hydrogen-bond acceptors (Lipinski definition) is 12. The number of rotatable bonds is 39. The number of unbranched alkanes of at least 4 members (excludes halogenated alkanes) is 4. The van der Waals surface area contributed by atoms with Gasteiger partial charge in [0.2, 0.25) is 0 Å². The first-order chi connectivity index (χ1) is 21.3. The third-order valence-electron chi connectivity index (χ3n) is 5.80. The van der Waals surface area contributed by atoms with Crippen LogP contribution in [0.4, 0.5) is 0 Å². The summed E-state index contributed by atoms with van der Waals surface area (Å²) in [6.45, 7) is 15.8. The summed E-state index contributed by atoms with van der Waals surface area (Å²) in [6.07, 6.45) is 6.29. The second-order valence-corrected chi connectivity index (χ2v) is 9.95. The fraction of sp³-hybridized carbons (Fsp3) is 1.00. The molecule has 0 radical (unpaired) electrons. The number of hydrogen-bond donors (Lipinski definition) is 0. The first-order valence-electron chi connectivity index (χ1n) is 16.3. The summed E-state index contributed by atoms with van der Waals surface area (Å²) < 4.78 is 60.3. The minimum Gasteiger partial charge on any atom is -0.379 e. The van der Waals surface area contributed by atoms with E-state index in [4.69, 9.17) is 52.1 Å². The van der Waals surface area contributed by atoms with Crippen LogP contribution in [-0.2, 0) is 52.1 Å². The van der Waals surface area contributed by atoms with E-state index < -0.39 is 0 Å². The van der Waals surface area contributed by atoms with Crippen molar-refractivity contribution in [3.8, 4) is 0 Å². The molecular weight excluding hydrogens is 562 g/mol. The lowest BCUT2D eigenvalue weighted by Crippen LogP contribution is -2.19. The van der Waals surface area contributed by atoms with Crippen LogP contribution in [0.5, 0.6) is 0 Å². The van der Waals surface area contributed by atoms with Crippen molar-refractivity contribution in [2.75, 3.05) is 166 Å². The van der Waals surface area contributed by atoms with Crippen molar-refractivity contribution in [1.82, 2.24) is 4.90 Å². The molecule has 0 aromatic heterocycles. The highest BCUT2D eigenvalue weighted by Gasteiger charge is 1.97. The molecule has 0 aromatic rings. The van der Waals surface area contributed by atoms with Crippen LogP contribution in [-0.4, -0.2) is 171 Å². The van der Waals surface area contributed by atoms with Crippen molar-refractivity contribution < 1.29 is 52.1 Å². The Morgan fingerprint density at radius 2 is 0.512 bits per heavy atom. The predicted octanol–water partition coefficient (Wildman–Crippen LogP) is 2.70. The fourth-order valence-corrected chi connectivity index (χ4v) is 3.36. The smallest absolute Gasteiger partial charge is 0.0701 e. The van der Waals surface area contributed by atoms with Crippen LogP contribution in [0.15, 0.2) is 0 Å². The summed E-state index contributed by atoms with van der Waals surface area (Å²) in [5, 5.41) is 0. The highest BCUT2D eigenvalue weighted by atomic mass is 16.6. The molecule has 43 heavy (non-hydrogen) atoms. The van der Waals surface area contributed by atoms with Gasteiger partial charge in [0.05, 0.1) is 139 Å². The van der Waals surface area contributed by atoms with Crippen molar-refractivity contribution in [2.24, 2.45) is 0 Å².